The van der Waals surface area contributed by atoms with E-state index in [4.69, 9.17) is 0 Å². The van der Waals surface area contributed by atoms with Gasteiger partial charge in [0, 0.05) is 42.5 Å². The molecular formula is C24H22F3N5O2. The van der Waals surface area contributed by atoms with Crippen molar-refractivity contribution in [1.29, 1.82) is 0 Å². The fourth-order valence-electron chi connectivity index (χ4n) is 3.63. The lowest BCUT2D eigenvalue weighted by atomic mass is 10.0. The molecule has 7 nitrogen and oxygen atoms in total. The van der Waals surface area contributed by atoms with Crippen LogP contribution in [0.2, 0.25) is 0 Å². The Balaban J connectivity index is 1.55. The number of carbonyl (C=O) groups is 1. The van der Waals surface area contributed by atoms with Gasteiger partial charge in [-0.3, -0.25) is 14.6 Å². The van der Waals surface area contributed by atoms with Crippen LogP contribution >= 0.6 is 0 Å². The van der Waals surface area contributed by atoms with Crippen LogP contribution in [0.15, 0.2) is 67.0 Å². The minimum atomic E-state index is -1.58. The number of rotatable bonds is 9. The highest BCUT2D eigenvalue weighted by atomic mass is 19.1. The van der Waals surface area contributed by atoms with Crippen LogP contribution in [0.3, 0.4) is 0 Å². The number of hydrogen-bond donors (Lipinski definition) is 3. The second kappa shape index (κ2) is 10.3. The van der Waals surface area contributed by atoms with Gasteiger partial charge in [0.05, 0.1) is 23.6 Å². The summed E-state index contributed by atoms with van der Waals surface area (Å²) in [5.41, 5.74) is 1.36. The van der Waals surface area contributed by atoms with Crippen molar-refractivity contribution >= 4 is 5.91 Å². The molecule has 0 radical (unpaired) electrons. The summed E-state index contributed by atoms with van der Waals surface area (Å²) in [7, 11) is 0. The van der Waals surface area contributed by atoms with Crippen LogP contribution < -0.4 is 5.32 Å². The maximum Gasteiger partial charge on any atom is 0.252 e. The van der Waals surface area contributed by atoms with Gasteiger partial charge in [0.1, 0.15) is 17.8 Å². The highest BCUT2D eigenvalue weighted by Gasteiger charge is 2.24. The van der Waals surface area contributed by atoms with Crippen LogP contribution in [0, 0.1) is 17.6 Å². The van der Waals surface area contributed by atoms with Crippen molar-refractivity contribution < 1.29 is 23.1 Å². The molecular weight excluding hydrogens is 447 g/mol. The van der Waals surface area contributed by atoms with Crippen molar-refractivity contribution in [3.8, 4) is 22.5 Å². The Morgan fingerprint density at radius 1 is 1.15 bits per heavy atom. The highest BCUT2D eigenvalue weighted by molar-refractivity contribution is 6.00. The third kappa shape index (κ3) is 5.18. The normalized spacial score (nSPS) is 12.9. The maximum absolute atomic E-state index is 14.8. The number of aliphatic hydroxyl groups excluding tert-OH is 1. The van der Waals surface area contributed by atoms with Crippen molar-refractivity contribution in [3.05, 3.63) is 84.2 Å². The number of aromatic amines is 1. The molecule has 0 aliphatic carbocycles. The molecule has 0 fully saturated rings. The highest BCUT2D eigenvalue weighted by Crippen LogP contribution is 2.29. The predicted octanol–water partition coefficient (Wildman–Crippen LogP) is 3.60. The van der Waals surface area contributed by atoms with Gasteiger partial charge in [-0.25, -0.2) is 13.2 Å². The molecule has 10 heteroatoms. The number of aromatic nitrogens is 4. The number of benzene rings is 2. The van der Waals surface area contributed by atoms with Gasteiger partial charge >= 0.3 is 0 Å². The van der Waals surface area contributed by atoms with Gasteiger partial charge < -0.3 is 10.4 Å². The van der Waals surface area contributed by atoms with Crippen LogP contribution in [0.25, 0.3) is 22.5 Å². The lowest BCUT2D eigenvalue weighted by Gasteiger charge is -2.20. The summed E-state index contributed by atoms with van der Waals surface area (Å²) in [5, 5.41) is 22.8. The van der Waals surface area contributed by atoms with E-state index < -0.39 is 36.2 Å². The van der Waals surface area contributed by atoms with Crippen LogP contribution in [-0.2, 0) is 6.54 Å². The molecule has 4 aromatic rings. The first-order chi connectivity index (χ1) is 16.5. The summed E-state index contributed by atoms with van der Waals surface area (Å²) in [6.07, 6.45) is 1.62. The Kier molecular flexibility index (Phi) is 7.07. The Hall–Kier alpha value is -3.92. The van der Waals surface area contributed by atoms with E-state index in [1.807, 2.05) is 0 Å². The largest absolute Gasteiger partial charge is 0.393 e. The van der Waals surface area contributed by atoms with Gasteiger partial charge in [-0.05, 0) is 48.5 Å². The van der Waals surface area contributed by atoms with Crippen LogP contribution in [0.5, 0.6) is 0 Å². The molecule has 176 valence electrons. The minimum Gasteiger partial charge on any atom is -0.393 e. The molecule has 0 unspecified atom stereocenters. The van der Waals surface area contributed by atoms with Gasteiger partial charge in [-0.1, -0.05) is 6.07 Å². The topological polar surface area (TPSA) is 95.8 Å². The molecule has 3 N–H and O–H groups in total. The number of aliphatic hydroxyl groups is 1. The van der Waals surface area contributed by atoms with Crippen molar-refractivity contribution in [3.63, 3.8) is 0 Å². The number of carbonyl (C=O) groups excluding carboxylic acids is 1. The molecule has 2 aromatic heterocycles. The fraction of sp³-hybridized carbons (Fsp3) is 0.208. The lowest BCUT2D eigenvalue weighted by Crippen LogP contribution is -2.37. The van der Waals surface area contributed by atoms with E-state index in [2.05, 4.69) is 20.6 Å². The molecule has 34 heavy (non-hydrogen) atoms. The van der Waals surface area contributed by atoms with Gasteiger partial charge in [-0.15, -0.1) is 0 Å². The van der Waals surface area contributed by atoms with Gasteiger partial charge in [0.2, 0.25) is 0 Å². The van der Waals surface area contributed by atoms with E-state index in [0.29, 0.717) is 11.3 Å². The number of H-pyrrole nitrogens is 1. The predicted molar refractivity (Wildman–Crippen MR) is 119 cm³/mol. The van der Waals surface area contributed by atoms with Crippen LogP contribution in [0.4, 0.5) is 13.2 Å². The number of amides is 1. The second-order valence-electron chi connectivity index (χ2n) is 7.73. The molecule has 0 saturated heterocycles. The molecule has 0 spiro atoms. The monoisotopic (exact) mass is 469 g/mol. The zero-order chi connectivity index (χ0) is 24.1. The summed E-state index contributed by atoms with van der Waals surface area (Å²) < 4.78 is 43.8. The Labute approximate surface area is 193 Å². The smallest absolute Gasteiger partial charge is 0.252 e. The standard InChI is InChI=1S/C24H22F3N5O2/c25-17-7-5-15(6-8-17)21-11-22(31-30-21)23-18(3-1-4-19(23)26)24(34)28-12-16(20(27)14-33)13-32-10-2-9-29-32/h1-11,16,20,33H,12-14H2,(H,28,34)(H,30,31)/t16-,20+/m0/s1. The summed E-state index contributed by atoms with van der Waals surface area (Å²) in [5.74, 6) is -2.39. The minimum absolute atomic E-state index is 0.00319. The van der Waals surface area contributed by atoms with Crippen molar-refractivity contribution in [2.24, 2.45) is 5.92 Å². The first kappa shape index (κ1) is 23.2. The second-order valence-corrected chi connectivity index (χ2v) is 7.73. The molecule has 0 aliphatic rings. The van der Waals surface area contributed by atoms with E-state index in [1.54, 1.807) is 36.7 Å². The molecule has 2 heterocycles. The molecule has 0 aliphatic heterocycles. The number of hydrogen-bond acceptors (Lipinski definition) is 4. The maximum atomic E-state index is 14.8. The van der Waals surface area contributed by atoms with Crippen LogP contribution in [-0.4, -0.2) is 50.3 Å². The zero-order valence-corrected chi connectivity index (χ0v) is 18.0. The molecule has 1 amide bonds. The third-order valence-electron chi connectivity index (χ3n) is 5.44. The summed E-state index contributed by atoms with van der Waals surface area (Å²) in [6, 6.07) is 13.0. The molecule has 2 aromatic carbocycles. The SMILES string of the molecule is O=C(NC[C@@H](Cn1cccn1)[C@H](F)CO)c1cccc(F)c1-c1cc(-c2ccc(F)cc2)n[nH]1. The zero-order valence-electron chi connectivity index (χ0n) is 18.0. The Bertz CT molecular complexity index is 1240. The Morgan fingerprint density at radius 3 is 2.65 bits per heavy atom. The first-order valence-corrected chi connectivity index (χ1v) is 10.6. The first-order valence-electron chi connectivity index (χ1n) is 10.6. The fourth-order valence-corrected chi connectivity index (χ4v) is 3.63. The Morgan fingerprint density at radius 2 is 1.94 bits per heavy atom. The van der Waals surface area contributed by atoms with Gasteiger partial charge in [0.25, 0.3) is 5.91 Å². The average Bonchev–Trinajstić information content (AvgIpc) is 3.54. The van der Waals surface area contributed by atoms with E-state index in [-0.39, 0.29) is 29.9 Å². The van der Waals surface area contributed by atoms with Crippen LogP contribution in [0.1, 0.15) is 10.4 Å². The van der Waals surface area contributed by atoms with E-state index in [9.17, 15) is 23.1 Å². The number of nitrogens with one attached hydrogen (secondary N) is 2. The number of nitrogens with zero attached hydrogens (tertiary/aromatic N) is 3. The van der Waals surface area contributed by atoms with Gasteiger partial charge in [-0.2, -0.15) is 10.2 Å². The quantitative estimate of drug-likeness (QED) is 0.349. The third-order valence-corrected chi connectivity index (χ3v) is 5.44. The molecule has 0 bridgehead atoms. The van der Waals surface area contributed by atoms with Crippen molar-refractivity contribution in [2.75, 3.05) is 13.2 Å². The number of halogens is 3. The average molecular weight is 469 g/mol. The molecule has 4 rings (SSSR count). The van der Waals surface area contributed by atoms with Gasteiger partial charge in [0.15, 0.2) is 0 Å². The van der Waals surface area contributed by atoms with Crippen molar-refractivity contribution in [2.45, 2.75) is 12.7 Å². The van der Waals surface area contributed by atoms with E-state index in [0.717, 1.165) is 0 Å². The molecule has 0 saturated carbocycles. The summed E-state index contributed by atoms with van der Waals surface area (Å²) in [6.45, 7) is -0.653. The summed E-state index contributed by atoms with van der Waals surface area (Å²) in [4.78, 5) is 13.0. The lowest BCUT2D eigenvalue weighted by molar-refractivity contribution is 0.0888. The van der Waals surface area contributed by atoms with Crippen molar-refractivity contribution in [1.82, 2.24) is 25.3 Å². The van der Waals surface area contributed by atoms with E-state index in [1.165, 1.54) is 35.0 Å². The summed E-state index contributed by atoms with van der Waals surface area (Å²) >= 11 is 0. The number of alkyl halides is 1. The van der Waals surface area contributed by atoms with E-state index >= 15 is 0 Å². The molecule has 2 atom stereocenters.